The number of carbonyl (C=O) groups is 1. The van der Waals surface area contributed by atoms with Crippen LogP contribution in [0, 0.1) is 0 Å². The summed E-state index contributed by atoms with van der Waals surface area (Å²) in [6.07, 6.45) is 0. The fourth-order valence-electron chi connectivity index (χ4n) is 3.76. The van der Waals surface area contributed by atoms with E-state index in [9.17, 15) is 13.2 Å². The molecule has 0 radical (unpaired) electrons. The summed E-state index contributed by atoms with van der Waals surface area (Å²) in [6.45, 7) is 3.18. The highest BCUT2D eigenvalue weighted by Gasteiger charge is 2.27. The second-order valence-corrected chi connectivity index (χ2v) is 9.74. The lowest BCUT2D eigenvalue weighted by molar-refractivity contribution is -0.118. The van der Waals surface area contributed by atoms with Crippen LogP contribution in [0.25, 0.3) is 11.1 Å². The van der Waals surface area contributed by atoms with Gasteiger partial charge in [-0.05, 0) is 36.8 Å². The molecule has 0 aliphatic carbocycles. The van der Waals surface area contributed by atoms with E-state index in [2.05, 4.69) is 5.32 Å². The van der Waals surface area contributed by atoms with Crippen molar-refractivity contribution in [2.45, 2.75) is 11.8 Å². The van der Waals surface area contributed by atoms with Gasteiger partial charge in [-0.15, -0.1) is 0 Å². The van der Waals surface area contributed by atoms with E-state index in [1.54, 1.807) is 12.1 Å². The van der Waals surface area contributed by atoms with E-state index >= 15 is 0 Å². The molecule has 3 aromatic carbocycles. The van der Waals surface area contributed by atoms with Crippen molar-refractivity contribution in [2.75, 3.05) is 44.8 Å². The minimum atomic E-state index is -3.73. The lowest BCUT2D eigenvalue weighted by atomic mass is 10.1. The zero-order valence-electron chi connectivity index (χ0n) is 19.5. The third-order valence-corrected chi connectivity index (χ3v) is 7.36. The molecule has 0 bridgehead atoms. The smallest absolute Gasteiger partial charge is 0.262 e. The summed E-state index contributed by atoms with van der Waals surface area (Å²) in [6, 6.07) is 21.7. The fourth-order valence-corrected chi connectivity index (χ4v) is 5.20. The van der Waals surface area contributed by atoms with Crippen molar-refractivity contribution in [1.29, 1.82) is 0 Å². The first-order chi connectivity index (χ1) is 17.0. The Morgan fingerprint density at radius 2 is 1.66 bits per heavy atom. The van der Waals surface area contributed by atoms with E-state index in [-0.39, 0.29) is 30.3 Å². The number of ether oxygens (including phenoxy) is 3. The average Bonchev–Trinajstić information content (AvgIpc) is 2.90. The van der Waals surface area contributed by atoms with Crippen LogP contribution in [0.5, 0.6) is 11.5 Å². The summed E-state index contributed by atoms with van der Waals surface area (Å²) in [5, 5.41) is 2.74. The van der Waals surface area contributed by atoms with Gasteiger partial charge in [-0.3, -0.25) is 4.79 Å². The molecule has 0 aromatic heterocycles. The zero-order chi connectivity index (χ0) is 24.7. The molecule has 9 heteroatoms. The molecule has 3 aromatic rings. The molecular formula is C26H28N2O6S. The number of anilines is 1. The van der Waals surface area contributed by atoms with Crippen molar-refractivity contribution in [3.8, 4) is 22.6 Å². The Morgan fingerprint density at radius 3 is 2.40 bits per heavy atom. The standard InChI is InChI=1S/C26H28N2O6S/c1-2-33-25-13-12-21(35(30,31)28-14-16-32-17-15-28)18-23(25)27-26(29)19-34-24-11-7-6-10-22(24)20-8-4-3-5-9-20/h3-13,18H,2,14-17,19H2,1H3,(H,27,29). The molecular weight excluding hydrogens is 468 g/mol. The maximum absolute atomic E-state index is 13.1. The van der Waals surface area contributed by atoms with Crippen LogP contribution in [-0.4, -0.2) is 58.1 Å². The quantitative estimate of drug-likeness (QED) is 0.485. The maximum atomic E-state index is 13.1. The number of benzene rings is 3. The number of nitrogens with one attached hydrogen (secondary N) is 1. The lowest BCUT2D eigenvalue weighted by Crippen LogP contribution is -2.40. The van der Waals surface area contributed by atoms with Crippen LogP contribution < -0.4 is 14.8 Å². The number of hydrogen-bond donors (Lipinski definition) is 1. The van der Waals surface area contributed by atoms with Crippen LogP contribution >= 0.6 is 0 Å². The van der Waals surface area contributed by atoms with E-state index in [1.807, 2.05) is 55.5 Å². The minimum Gasteiger partial charge on any atom is -0.492 e. The lowest BCUT2D eigenvalue weighted by Gasteiger charge is -2.26. The Bertz CT molecular complexity index is 1260. The van der Waals surface area contributed by atoms with Crippen molar-refractivity contribution in [1.82, 2.24) is 4.31 Å². The molecule has 35 heavy (non-hydrogen) atoms. The van der Waals surface area contributed by atoms with Gasteiger partial charge in [0.1, 0.15) is 11.5 Å². The largest absolute Gasteiger partial charge is 0.492 e. The number of para-hydroxylation sites is 1. The van der Waals surface area contributed by atoms with Gasteiger partial charge in [0.15, 0.2) is 6.61 Å². The molecule has 1 N–H and O–H groups in total. The summed E-state index contributed by atoms with van der Waals surface area (Å²) >= 11 is 0. The monoisotopic (exact) mass is 496 g/mol. The average molecular weight is 497 g/mol. The van der Waals surface area contributed by atoms with Crippen LogP contribution in [0.1, 0.15) is 6.92 Å². The SMILES string of the molecule is CCOc1ccc(S(=O)(=O)N2CCOCC2)cc1NC(=O)COc1ccccc1-c1ccccc1. The molecule has 0 saturated carbocycles. The topological polar surface area (TPSA) is 94.2 Å². The molecule has 1 saturated heterocycles. The van der Waals surface area contributed by atoms with Gasteiger partial charge in [0.25, 0.3) is 5.91 Å². The fraction of sp³-hybridized carbons (Fsp3) is 0.269. The number of amides is 1. The molecule has 0 atom stereocenters. The van der Waals surface area contributed by atoms with Crippen LogP contribution in [0.15, 0.2) is 77.7 Å². The Hall–Kier alpha value is -3.40. The Morgan fingerprint density at radius 1 is 0.943 bits per heavy atom. The van der Waals surface area contributed by atoms with Crippen molar-refractivity contribution in [2.24, 2.45) is 0 Å². The zero-order valence-corrected chi connectivity index (χ0v) is 20.3. The molecule has 8 nitrogen and oxygen atoms in total. The summed E-state index contributed by atoms with van der Waals surface area (Å²) in [5.74, 6) is 0.517. The molecule has 4 rings (SSSR count). The van der Waals surface area contributed by atoms with Gasteiger partial charge >= 0.3 is 0 Å². The highest BCUT2D eigenvalue weighted by molar-refractivity contribution is 7.89. The minimum absolute atomic E-state index is 0.0773. The van der Waals surface area contributed by atoms with Crippen LogP contribution in [-0.2, 0) is 19.6 Å². The van der Waals surface area contributed by atoms with Crippen LogP contribution in [0.4, 0.5) is 5.69 Å². The first kappa shape index (κ1) is 24.7. The molecule has 0 spiro atoms. The van der Waals surface area contributed by atoms with E-state index in [0.29, 0.717) is 31.3 Å². The number of sulfonamides is 1. The van der Waals surface area contributed by atoms with E-state index < -0.39 is 15.9 Å². The molecule has 1 amide bonds. The Labute approximate surface area is 205 Å². The normalized spacial score (nSPS) is 14.3. The Balaban J connectivity index is 1.50. The maximum Gasteiger partial charge on any atom is 0.262 e. The van der Waals surface area contributed by atoms with Crippen molar-refractivity contribution in [3.63, 3.8) is 0 Å². The first-order valence-electron chi connectivity index (χ1n) is 11.4. The first-order valence-corrected chi connectivity index (χ1v) is 12.8. The molecule has 1 aliphatic rings. The summed E-state index contributed by atoms with van der Waals surface area (Å²) < 4.78 is 44.2. The third-order valence-electron chi connectivity index (χ3n) is 5.46. The summed E-state index contributed by atoms with van der Waals surface area (Å²) in [7, 11) is -3.73. The van der Waals surface area contributed by atoms with Crippen molar-refractivity contribution in [3.05, 3.63) is 72.8 Å². The van der Waals surface area contributed by atoms with Gasteiger partial charge in [-0.1, -0.05) is 48.5 Å². The molecule has 184 valence electrons. The molecule has 0 unspecified atom stereocenters. The number of nitrogens with zero attached hydrogens (tertiary/aromatic N) is 1. The van der Waals surface area contributed by atoms with Gasteiger partial charge in [-0.2, -0.15) is 4.31 Å². The molecule has 1 fully saturated rings. The van der Waals surface area contributed by atoms with Gasteiger partial charge in [0.2, 0.25) is 10.0 Å². The van der Waals surface area contributed by atoms with E-state index in [4.69, 9.17) is 14.2 Å². The third kappa shape index (κ3) is 6.00. The highest BCUT2D eigenvalue weighted by atomic mass is 32.2. The highest BCUT2D eigenvalue weighted by Crippen LogP contribution is 2.31. The van der Waals surface area contributed by atoms with Gasteiger partial charge in [0, 0.05) is 18.7 Å². The van der Waals surface area contributed by atoms with Gasteiger partial charge in [0.05, 0.1) is 30.4 Å². The molecule has 1 aliphatic heterocycles. The van der Waals surface area contributed by atoms with Gasteiger partial charge in [-0.25, -0.2) is 8.42 Å². The second kappa shape index (κ2) is 11.4. The van der Waals surface area contributed by atoms with Crippen molar-refractivity contribution < 1.29 is 27.4 Å². The van der Waals surface area contributed by atoms with E-state index in [0.717, 1.165) is 11.1 Å². The number of hydrogen-bond acceptors (Lipinski definition) is 6. The number of carbonyl (C=O) groups excluding carboxylic acids is 1. The predicted molar refractivity (Wildman–Crippen MR) is 133 cm³/mol. The second-order valence-electron chi connectivity index (χ2n) is 7.81. The van der Waals surface area contributed by atoms with Crippen LogP contribution in [0.3, 0.4) is 0 Å². The van der Waals surface area contributed by atoms with E-state index in [1.165, 1.54) is 16.4 Å². The summed E-state index contributed by atoms with van der Waals surface area (Å²) in [4.78, 5) is 12.9. The summed E-state index contributed by atoms with van der Waals surface area (Å²) in [5.41, 5.74) is 2.11. The number of rotatable bonds is 9. The predicted octanol–water partition coefficient (Wildman–Crippen LogP) is 3.79. The van der Waals surface area contributed by atoms with Gasteiger partial charge < -0.3 is 19.5 Å². The Kier molecular flexibility index (Phi) is 8.02. The number of morpholine rings is 1. The van der Waals surface area contributed by atoms with Crippen molar-refractivity contribution >= 4 is 21.6 Å². The molecule has 1 heterocycles. The van der Waals surface area contributed by atoms with Crippen LogP contribution in [0.2, 0.25) is 0 Å².